The van der Waals surface area contributed by atoms with Crippen LogP contribution in [0.5, 0.6) is 5.75 Å². The molecule has 0 fully saturated rings. The summed E-state index contributed by atoms with van der Waals surface area (Å²) in [4.78, 5) is 28.8. The number of rotatable bonds is 11. The Kier molecular flexibility index (Phi) is 10.4. The van der Waals surface area contributed by atoms with Crippen LogP contribution in [-0.2, 0) is 22.6 Å². The Labute approximate surface area is 229 Å². The molecule has 37 heavy (non-hydrogen) atoms. The van der Waals surface area contributed by atoms with Crippen LogP contribution in [0.25, 0.3) is 0 Å². The van der Waals surface area contributed by atoms with Crippen molar-refractivity contribution in [1.82, 2.24) is 10.2 Å². The van der Waals surface area contributed by atoms with Gasteiger partial charge in [0.1, 0.15) is 11.8 Å². The molecule has 3 rings (SSSR count). The molecule has 0 heterocycles. The Morgan fingerprint density at radius 2 is 1.59 bits per heavy atom. The van der Waals surface area contributed by atoms with Gasteiger partial charge in [-0.3, -0.25) is 9.59 Å². The molecule has 2 atom stereocenters. The third-order valence-corrected chi connectivity index (χ3v) is 6.91. The number of halogens is 2. The van der Waals surface area contributed by atoms with Crippen molar-refractivity contribution in [1.29, 1.82) is 0 Å². The van der Waals surface area contributed by atoms with E-state index in [1.54, 1.807) is 17.0 Å². The second-order valence-electron chi connectivity index (χ2n) is 9.41. The molecule has 2 amide bonds. The maximum absolute atomic E-state index is 13.7. The van der Waals surface area contributed by atoms with Crippen molar-refractivity contribution in [2.24, 2.45) is 0 Å². The van der Waals surface area contributed by atoms with Crippen molar-refractivity contribution in [3.8, 4) is 5.75 Å². The van der Waals surface area contributed by atoms with E-state index < -0.39 is 6.04 Å². The molecule has 0 saturated heterocycles. The van der Waals surface area contributed by atoms with Gasteiger partial charge < -0.3 is 15.0 Å². The minimum atomic E-state index is -0.749. The molecule has 0 aliphatic carbocycles. The molecule has 3 aromatic carbocycles. The fourth-order valence-corrected chi connectivity index (χ4v) is 4.39. The Balaban J connectivity index is 1.94. The number of carbonyl (C=O) groups excluding carboxylic acids is 2. The molecule has 0 radical (unpaired) electrons. The number of amides is 2. The zero-order valence-corrected chi connectivity index (χ0v) is 23.3. The predicted octanol–water partition coefficient (Wildman–Crippen LogP) is 6.54. The number of ether oxygens (including phenoxy) is 1. The maximum Gasteiger partial charge on any atom is 0.261 e. The number of nitrogens with one attached hydrogen (secondary N) is 1. The summed E-state index contributed by atoms with van der Waals surface area (Å²) < 4.78 is 5.90. The molecular formula is C30H34Cl2N2O3. The summed E-state index contributed by atoms with van der Waals surface area (Å²) in [5.41, 5.74) is 3.81. The summed E-state index contributed by atoms with van der Waals surface area (Å²) in [5, 5.41) is 3.88. The van der Waals surface area contributed by atoms with Gasteiger partial charge in [-0.2, -0.15) is 0 Å². The van der Waals surface area contributed by atoms with E-state index in [-0.39, 0.29) is 31.0 Å². The van der Waals surface area contributed by atoms with E-state index in [1.807, 2.05) is 82.3 Å². The zero-order chi connectivity index (χ0) is 26.9. The molecule has 0 aromatic heterocycles. The van der Waals surface area contributed by atoms with Gasteiger partial charge in [0, 0.05) is 19.0 Å². The normalized spacial score (nSPS) is 12.5. The highest BCUT2D eigenvalue weighted by Crippen LogP contribution is 2.25. The Hall–Kier alpha value is -3.02. The van der Waals surface area contributed by atoms with E-state index in [9.17, 15) is 9.59 Å². The summed E-state index contributed by atoms with van der Waals surface area (Å²) in [6.07, 6.45) is 1.14. The molecule has 196 valence electrons. The lowest BCUT2D eigenvalue weighted by Crippen LogP contribution is -2.53. The van der Waals surface area contributed by atoms with Crippen LogP contribution in [-0.4, -0.2) is 35.4 Å². The number of aryl methyl sites for hydroxylation is 2. The summed E-state index contributed by atoms with van der Waals surface area (Å²) in [6.45, 7) is 7.89. The number of hydrogen-bond acceptors (Lipinski definition) is 3. The van der Waals surface area contributed by atoms with Crippen molar-refractivity contribution in [3.05, 3.63) is 99.0 Å². The molecule has 0 spiro atoms. The van der Waals surface area contributed by atoms with Gasteiger partial charge >= 0.3 is 0 Å². The highest BCUT2D eigenvalue weighted by molar-refractivity contribution is 6.42. The van der Waals surface area contributed by atoms with Gasteiger partial charge in [-0.1, -0.05) is 72.6 Å². The van der Waals surface area contributed by atoms with E-state index in [2.05, 4.69) is 5.32 Å². The molecule has 0 saturated carbocycles. The largest absolute Gasteiger partial charge is 0.484 e. The fourth-order valence-electron chi connectivity index (χ4n) is 4.07. The van der Waals surface area contributed by atoms with Crippen molar-refractivity contribution < 1.29 is 14.3 Å². The van der Waals surface area contributed by atoms with Crippen LogP contribution >= 0.6 is 23.2 Å². The minimum Gasteiger partial charge on any atom is -0.484 e. The highest BCUT2D eigenvalue weighted by atomic mass is 35.5. The first-order chi connectivity index (χ1) is 17.7. The lowest BCUT2D eigenvalue weighted by Gasteiger charge is -2.32. The maximum atomic E-state index is 13.7. The van der Waals surface area contributed by atoms with Crippen molar-refractivity contribution >= 4 is 35.0 Å². The lowest BCUT2D eigenvalue weighted by molar-refractivity contribution is -0.143. The van der Waals surface area contributed by atoms with Crippen LogP contribution in [0.3, 0.4) is 0 Å². The van der Waals surface area contributed by atoms with Gasteiger partial charge in [-0.25, -0.2) is 0 Å². The number of benzene rings is 3. The standard InChI is InChI=1S/C30H34Cl2N2O3/c1-5-22(4)33-30(36)28(17-23-9-7-6-8-10-23)34(18-24-11-12-26(31)27(32)16-24)29(35)19-37-25-14-20(2)13-21(3)15-25/h6-16,22,28H,5,17-19H2,1-4H3,(H,33,36)/t22-,28-/m0/s1. The summed E-state index contributed by atoms with van der Waals surface area (Å²) in [6, 6.07) is 20.0. The van der Waals surface area contributed by atoms with Gasteiger partial charge in [-0.05, 0) is 73.7 Å². The molecule has 0 bridgehead atoms. The van der Waals surface area contributed by atoms with Crippen LogP contribution in [0.4, 0.5) is 0 Å². The summed E-state index contributed by atoms with van der Waals surface area (Å²) >= 11 is 12.4. The zero-order valence-electron chi connectivity index (χ0n) is 21.8. The third-order valence-electron chi connectivity index (χ3n) is 6.17. The van der Waals surface area contributed by atoms with Gasteiger partial charge in [-0.15, -0.1) is 0 Å². The highest BCUT2D eigenvalue weighted by Gasteiger charge is 2.31. The second-order valence-corrected chi connectivity index (χ2v) is 10.2. The Morgan fingerprint density at radius 3 is 2.22 bits per heavy atom. The van der Waals surface area contributed by atoms with Gasteiger partial charge in [0.05, 0.1) is 10.0 Å². The average molecular weight is 542 g/mol. The first-order valence-corrected chi connectivity index (χ1v) is 13.2. The van der Waals surface area contributed by atoms with Crippen molar-refractivity contribution in [2.45, 2.75) is 59.2 Å². The molecule has 3 aromatic rings. The number of hydrogen-bond donors (Lipinski definition) is 1. The quantitative estimate of drug-likeness (QED) is 0.300. The molecular weight excluding hydrogens is 507 g/mol. The molecule has 7 heteroatoms. The second kappa shape index (κ2) is 13.5. The van der Waals surface area contributed by atoms with Gasteiger partial charge in [0.25, 0.3) is 5.91 Å². The fraction of sp³-hybridized carbons (Fsp3) is 0.333. The van der Waals surface area contributed by atoms with E-state index in [0.717, 1.165) is 28.7 Å². The first kappa shape index (κ1) is 28.5. The lowest BCUT2D eigenvalue weighted by atomic mass is 10.0. The number of nitrogens with zero attached hydrogens (tertiary/aromatic N) is 1. The van der Waals surface area contributed by atoms with E-state index >= 15 is 0 Å². The molecule has 0 aliphatic rings. The van der Waals surface area contributed by atoms with E-state index in [0.29, 0.717) is 22.2 Å². The summed E-state index contributed by atoms with van der Waals surface area (Å²) in [7, 11) is 0. The average Bonchev–Trinajstić information content (AvgIpc) is 2.86. The molecule has 0 aliphatic heterocycles. The van der Waals surface area contributed by atoms with Crippen LogP contribution in [0.2, 0.25) is 10.0 Å². The third kappa shape index (κ3) is 8.51. The van der Waals surface area contributed by atoms with Crippen LogP contribution in [0.15, 0.2) is 66.7 Å². The van der Waals surface area contributed by atoms with Crippen LogP contribution in [0.1, 0.15) is 42.5 Å². The van der Waals surface area contributed by atoms with E-state index in [1.165, 1.54) is 0 Å². The Morgan fingerprint density at radius 1 is 0.919 bits per heavy atom. The molecule has 0 unspecified atom stereocenters. The summed E-state index contributed by atoms with van der Waals surface area (Å²) in [5.74, 6) is 0.104. The van der Waals surface area contributed by atoms with Gasteiger partial charge in [0.2, 0.25) is 5.91 Å². The minimum absolute atomic E-state index is 0.0285. The molecule has 5 nitrogen and oxygen atoms in total. The van der Waals surface area contributed by atoms with Crippen LogP contribution < -0.4 is 10.1 Å². The van der Waals surface area contributed by atoms with Crippen molar-refractivity contribution in [2.75, 3.05) is 6.61 Å². The monoisotopic (exact) mass is 540 g/mol. The van der Waals surface area contributed by atoms with Crippen molar-refractivity contribution in [3.63, 3.8) is 0 Å². The topological polar surface area (TPSA) is 58.6 Å². The molecule has 1 N–H and O–H groups in total. The predicted molar refractivity (Wildman–Crippen MR) is 150 cm³/mol. The van der Waals surface area contributed by atoms with Crippen LogP contribution in [0, 0.1) is 13.8 Å². The first-order valence-electron chi connectivity index (χ1n) is 12.4. The Bertz CT molecular complexity index is 1200. The number of carbonyl (C=O) groups is 2. The smallest absolute Gasteiger partial charge is 0.261 e. The van der Waals surface area contributed by atoms with Gasteiger partial charge in [0.15, 0.2) is 6.61 Å². The SMILES string of the molecule is CC[C@H](C)NC(=O)[C@H](Cc1ccccc1)N(Cc1ccc(Cl)c(Cl)c1)C(=O)COc1cc(C)cc(C)c1. The van der Waals surface area contributed by atoms with E-state index in [4.69, 9.17) is 27.9 Å².